The predicted molar refractivity (Wildman–Crippen MR) is 134 cm³/mol. The van der Waals surface area contributed by atoms with Crippen LogP contribution in [0.3, 0.4) is 0 Å². The largest absolute Gasteiger partial charge is 0.416 e. The van der Waals surface area contributed by atoms with Crippen molar-refractivity contribution in [3.05, 3.63) is 83.4 Å². The minimum atomic E-state index is -4.51. The Hall–Kier alpha value is -4.34. The number of hydrogen-bond donors (Lipinski definition) is 2. The lowest BCUT2D eigenvalue weighted by molar-refractivity contribution is -0.183. The lowest BCUT2D eigenvalue weighted by Gasteiger charge is -2.17. The number of rotatable bonds is 5. The van der Waals surface area contributed by atoms with Crippen molar-refractivity contribution in [2.24, 2.45) is 5.92 Å². The molecule has 0 aromatic heterocycles. The molecule has 3 amide bonds. The zero-order valence-corrected chi connectivity index (χ0v) is 20.2. The van der Waals surface area contributed by atoms with Crippen molar-refractivity contribution in [1.82, 2.24) is 5.06 Å². The van der Waals surface area contributed by atoms with Gasteiger partial charge in [-0.15, -0.1) is 0 Å². The second-order valence-corrected chi connectivity index (χ2v) is 9.34. The maximum atomic E-state index is 12.9. The van der Waals surface area contributed by atoms with Gasteiger partial charge in [-0.05, 0) is 65.9 Å². The molecule has 3 aromatic rings. The summed E-state index contributed by atoms with van der Waals surface area (Å²) in [5.41, 5.74) is 2.36. The van der Waals surface area contributed by atoms with Crippen LogP contribution >= 0.6 is 0 Å². The monoisotopic (exact) mass is 523 g/mol. The minimum Gasteiger partial charge on any atom is -0.337 e. The topological polar surface area (TPSA) is 87.7 Å². The Morgan fingerprint density at radius 1 is 0.868 bits per heavy atom. The number of nitrogens with zero attached hydrogens (tertiary/aromatic N) is 1. The van der Waals surface area contributed by atoms with Crippen LogP contribution in [0.2, 0.25) is 0 Å². The highest BCUT2D eigenvalue weighted by Gasteiger charge is 2.34. The molecule has 2 N–H and O–H groups in total. The summed E-state index contributed by atoms with van der Waals surface area (Å²) in [5, 5.41) is 6.09. The van der Waals surface area contributed by atoms with Crippen molar-refractivity contribution in [3.8, 4) is 11.1 Å². The number of carbonyl (C=O) groups is 3. The molecule has 38 heavy (non-hydrogen) atoms. The van der Waals surface area contributed by atoms with Gasteiger partial charge in [0.25, 0.3) is 5.91 Å². The normalized spacial score (nSPS) is 15.3. The van der Waals surface area contributed by atoms with Gasteiger partial charge >= 0.3 is 18.2 Å². The Labute approximate surface area is 216 Å². The molecular formula is C28H24F3N3O4. The lowest BCUT2D eigenvalue weighted by atomic mass is 10.0. The molecule has 1 aliphatic heterocycles. The van der Waals surface area contributed by atoms with E-state index in [0.29, 0.717) is 11.3 Å². The van der Waals surface area contributed by atoms with Gasteiger partial charge in [0.15, 0.2) is 0 Å². The summed E-state index contributed by atoms with van der Waals surface area (Å²) >= 11 is 0. The van der Waals surface area contributed by atoms with Gasteiger partial charge < -0.3 is 15.5 Å². The second-order valence-electron chi connectivity index (χ2n) is 9.34. The fourth-order valence-electron chi connectivity index (χ4n) is 4.68. The number of alkyl halides is 3. The third kappa shape index (κ3) is 5.49. The van der Waals surface area contributed by atoms with Gasteiger partial charge in [0.1, 0.15) is 0 Å². The Balaban J connectivity index is 1.22. The smallest absolute Gasteiger partial charge is 0.337 e. The van der Waals surface area contributed by atoms with Gasteiger partial charge in [0, 0.05) is 16.9 Å². The number of halogens is 3. The van der Waals surface area contributed by atoms with Crippen LogP contribution in [0.15, 0.2) is 66.7 Å². The molecule has 0 unspecified atom stereocenters. The summed E-state index contributed by atoms with van der Waals surface area (Å²) in [7, 11) is 0. The zero-order chi connectivity index (χ0) is 26.9. The number of benzene rings is 3. The molecule has 1 fully saturated rings. The van der Waals surface area contributed by atoms with Crippen molar-refractivity contribution in [2.45, 2.75) is 38.4 Å². The summed E-state index contributed by atoms with van der Waals surface area (Å²) in [5.74, 6) is -0.872. The first kappa shape index (κ1) is 25.3. The Kier molecular flexibility index (Phi) is 6.79. The molecule has 0 spiro atoms. The average Bonchev–Trinajstić information content (AvgIpc) is 3.53. The van der Waals surface area contributed by atoms with Gasteiger partial charge in [-0.1, -0.05) is 43.2 Å². The predicted octanol–water partition coefficient (Wildman–Crippen LogP) is 6.62. The van der Waals surface area contributed by atoms with Crippen LogP contribution in [0.25, 0.3) is 11.1 Å². The maximum Gasteiger partial charge on any atom is 0.416 e. The zero-order valence-electron chi connectivity index (χ0n) is 20.2. The molecule has 3 aromatic carbocycles. The van der Waals surface area contributed by atoms with Crippen LogP contribution in [-0.4, -0.2) is 23.0 Å². The molecule has 5 rings (SSSR count). The number of urea groups is 1. The standard InChI is InChI=1S/C28H24F3N3O4/c29-28(30,31)21-6-3-7-23(15-21)33-27(37)32-22-12-10-17(11-13-22)19-8-9-20-16-34(25(35)24(20)14-19)38-26(36)18-4-1-2-5-18/h3,6-15,18H,1-2,4-5,16H2,(H2,32,33,37). The van der Waals surface area contributed by atoms with Gasteiger partial charge in [-0.2, -0.15) is 18.2 Å². The number of amides is 3. The van der Waals surface area contributed by atoms with E-state index in [2.05, 4.69) is 10.6 Å². The molecule has 0 bridgehead atoms. The van der Waals surface area contributed by atoms with Crippen molar-refractivity contribution in [1.29, 1.82) is 0 Å². The molecule has 0 saturated heterocycles. The summed E-state index contributed by atoms with van der Waals surface area (Å²) < 4.78 is 38.6. The molecule has 0 radical (unpaired) electrons. The number of hydroxylamine groups is 2. The first-order valence-corrected chi connectivity index (χ1v) is 12.2. The Bertz CT molecular complexity index is 1380. The number of anilines is 2. The quantitative estimate of drug-likeness (QED) is 0.393. The van der Waals surface area contributed by atoms with Crippen LogP contribution in [0.4, 0.5) is 29.3 Å². The van der Waals surface area contributed by atoms with Gasteiger partial charge in [-0.25, -0.2) is 9.59 Å². The lowest BCUT2D eigenvalue weighted by Crippen LogP contribution is -2.30. The fraction of sp³-hybridized carbons (Fsp3) is 0.250. The summed E-state index contributed by atoms with van der Waals surface area (Å²) in [4.78, 5) is 42.9. The first-order valence-electron chi connectivity index (χ1n) is 12.2. The van der Waals surface area contributed by atoms with Crippen LogP contribution in [0.1, 0.15) is 47.2 Å². The number of hydrogen-bond acceptors (Lipinski definition) is 4. The summed E-state index contributed by atoms with van der Waals surface area (Å²) in [6.07, 6.45) is -0.950. The number of carbonyl (C=O) groups excluding carboxylic acids is 3. The number of nitrogens with one attached hydrogen (secondary N) is 2. The second kappa shape index (κ2) is 10.2. The van der Waals surface area contributed by atoms with Crippen LogP contribution < -0.4 is 10.6 Å². The van der Waals surface area contributed by atoms with E-state index in [-0.39, 0.29) is 30.0 Å². The number of fused-ring (bicyclic) bond motifs is 1. The van der Waals surface area contributed by atoms with Gasteiger partial charge in [0.2, 0.25) is 0 Å². The molecule has 7 nitrogen and oxygen atoms in total. The van der Waals surface area contributed by atoms with E-state index in [1.165, 1.54) is 12.1 Å². The van der Waals surface area contributed by atoms with Crippen molar-refractivity contribution in [3.63, 3.8) is 0 Å². The van der Waals surface area contributed by atoms with E-state index in [4.69, 9.17) is 4.84 Å². The molecular weight excluding hydrogens is 499 g/mol. The van der Waals surface area contributed by atoms with Crippen LogP contribution in [0.5, 0.6) is 0 Å². The molecule has 1 saturated carbocycles. The van der Waals surface area contributed by atoms with E-state index < -0.39 is 17.8 Å². The van der Waals surface area contributed by atoms with E-state index in [1.807, 2.05) is 12.1 Å². The Morgan fingerprint density at radius 2 is 1.55 bits per heavy atom. The van der Waals surface area contributed by atoms with Crippen molar-refractivity contribution >= 4 is 29.3 Å². The molecule has 1 heterocycles. The molecule has 10 heteroatoms. The highest BCUT2D eigenvalue weighted by molar-refractivity contribution is 6.00. The maximum absolute atomic E-state index is 12.9. The highest BCUT2D eigenvalue weighted by Crippen LogP contribution is 2.32. The van der Waals surface area contributed by atoms with E-state index in [1.54, 1.807) is 30.3 Å². The molecule has 0 atom stereocenters. The highest BCUT2D eigenvalue weighted by atomic mass is 19.4. The SMILES string of the molecule is O=C(Nc1ccc(-c2ccc3c(c2)C(=O)N(OC(=O)C2CCCC2)C3)cc1)Nc1cccc(C(F)(F)F)c1. The first-order chi connectivity index (χ1) is 18.2. The fourth-order valence-corrected chi connectivity index (χ4v) is 4.68. The van der Waals surface area contributed by atoms with Crippen LogP contribution in [0, 0.1) is 5.92 Å². The van der Waals surface area contributed by atoms with Gasteiger partial charge in [0.05, 0.1) is 18.0 Å². The third-order valence-corrected chi connectivity index (χ3v) is 6.69. The third-order valence-electron chi connectivity index (χ3n) is 6.69. The molecule has 196 valence electrons. The summed E-state index contributed by atoms with van der Waals surface area (Å²) in [6, 6.07) is 15.9. The minimum absolute atomic E-state index is 0.0136. The molecule has 2 aliphatic rings. The van der Waals surface area contributed by atoms with Gasteiger partial charge in [-0.3, -0.25) is 4.79 Å². The van der Waals surface area contributed by atoms with Crippen LogP contribution in [-0.2, 0) is 22.4 Å². The van der Waals surface area contributed by atoms with E-state index in [0.717, 1.165) is 59.6 Å². The van der Waals surface area contributed by atoms with Crippen molar-refractivity contribution in [2.75, 3.05) is 10.6 Å². The van der Waals surface area contributed by atoms with E-state index in [9.17, 15) is 27.6 Å². The summed E-state index contributed by atoms with van der Waals surface area (Å²) in [6.45, 7) is 0.205. The van der Waals surface area contributed by atoms with E-state index >= 15 is 0 Å². The molecule has 1 aliphatic carbocycles. The van der Waals surface area contributed by atoms with Crippen molar-refractivity contribution < 1.29 is 32.4 Å². The average molecular weight is 524 g/mol. The Morgan fingerprint density at radius 3 is 2.26 bits per heavy atom.